The van der Waals surface area contributed by atoms with Crippen molar-refractivity contribution in [1.82, 2.24) is 0 Å². The maximum absolute atomic E-state index is 12.3. The van der Waals surface area contributed by atoms with Crippen LogP contribution in [-0.2, 0) is 16.0 Å². The molecule has 0 saturated heterocycles. The number of carbonyl (C=O) groups is 1. The SMILES string of the molecule is Cc1ccc(C2=N/C(=C\c3cccc(OCCc4ccccc4)c3)C(=O)O2)cc1[N+](=O)[O-]. The van der Waals surface area contributed by atoms with Gasteiger partial charge in [-0.1, -0.05) is 48.5 Å². The molecule has 1 heterocycles. The molecule has 0 spiro atoms. The molecule has 0 unspecified atom stereocenters. The van der Waals surface area contributed by atoms with Gasteiger partial charge in [-0.3, -0.25) is 10.1 Å². The summed E-state index contributed by atoms with van der Waals surface area (Å²) in [6, 6.07) is 22.0. The fraction of sp³-hybridized carbons (Fsp3) is 0.120. The van der Waals surface area contributed by atoms with Crippen molar-refractivity contribution in [3.05, 3.63) is 111 Å². The highest BCUT2D eigenvalue weighted by Crippen LogP contribution is 2.25. The zero-order valence-electron chi connectivity index (χ0n) is 17.4. The van der Waals surface area contributed by atoms with E-state index in [-0.39, 0.29) is 17.3 Å². The van der Waals surface area contributed by atoms with Gasteiger partial charge in [0.05, 0.1) is 11.5 Å². The van der Waals surface area contributed by atoms with E-state index in [1.165, 1.54) is 11.6 Å². The zero-order valence-corrected chi connectivity index (χ0v) is 17.4. The lowest BCUT2D eigenvalue weighted by molar-refractivity contribution is -0.385. The summed E-state index contributed by atoms with van der Waals surface area (Å²) >= 11 is 0. The minimum atomic E-state index is -0.612. The monoisotopic (exact) mass is 428 g/mol. The van der Waals surface area contributed by atoms with Crippen molar-refractivity contribution in [2.24, 2.45) is 4.99 Å². The van der Waals surface area contributed by atoms with Gasteiger partial charge in [-0.2, -0.15) is 0 Å². The second-order valence-electron chi connectivity index (χ2n) is 7.25. The van der Waals surface area contributed by atoms with Crippen LogP contribution in [0, 0.1) is 17.0 Å². The molecule has 0 amide bonds. The lowest BCUT2D eigenvalue weighted by atomic mass is 10.1. The van der Waals surface area contributed by atoms with E-state index in [1.54, 1.807) is 25.1 Å². The second-order valence-corrected chi connectivity index (χ2v) is 7.25. The Balaban J connectivity index is 1.49. The molecule has 32 heavy (non-hydrogen) atoms. The molecule has 160 valence electrons. The molecule has 0 atom stereocenters. The molecule has 4 rings (SSSR count). The maximum Gasteiger partial charge on any atom is 0.363 e. The van der Waals surface area contributed by atoms with Crippen LogP contribution >= 0.6 is 0 Å². The van der Waals surface area contributed by atoms with Crippen LogP contribution in [-0.4, -0.2) is 23.4 Å². The quantitative estimate of drug-likeness (QED) is 0.232. The maximum atomic E-state index is 12.3. The summed E-state index contributed by atoms with van der Waals surface area (Å²) in [6.07, 6.45) is 2.39. The first-order valence-corrected chi connectivity index (χ1v) is 10.0. The van der Waals surface area contributed by atoms with E-state index >= 15 is 0 Å². The molecular formula is C25H20N2O5. The van der Waals surface area contributed by atoms with Gasteiger partial charge in [0.25, 0.3) is 5.69 Å². The molecule has 7 nitrogen and oxygen atoms in total. The van der Waals surface area contributed by atoms with E-state index < -0.39 is 10.9 Å². The summed E-state index contributed by atoms with van der Waals surface area (Å²) in [5.41, 5.74) is 2.87. The molecule has 0 aliphatic carbocycles. The number of cyclic esters (lactones) is 1. The summed E-state index contributed by atoms with van der Waals surface area (Å²) in [7, 11) is 0. The third-order valence-electron chi connectivity index (χ3n) is 4.94. The molecule has 1 aliphatic heterocycles. The Bertz CT molecular complexity index is 1230. The zero-order chi connectivity index (χ0) is 22.5. The van der Waals surface area contributed by atoms with Gasteiger partial charge >= 0.3 is 5.97 Å². The van der Waals surface area contributed by atoms with Crippen molar-refractivity contribution in [1.29, 1.82) is 0 Å². The van der Waals surface area contributed by atoms with Gasteiger partial charge in [0.1, 0.15) is 5.75 Å². The standard InChI is InChI=1S/C25H20N2O5/c1-17-10-11-20(16-23(17)27(29)30)24-26-22(25(28)32-24)15-19-8-5-9-21(14-19)31-13-12-18-6-3-2-4-7-18/h2-11,14-16H,12-13H2,1H3/b22-15-. The molecular weight excluding hydrogens is 408 g/mol. The van der Waals surface area contributed by atoms with Crippen molar-refractivity contribution in [2.45, 2.75) is 13.3 Å². The largest absolute Gasteiger partial charge is 0.493 e. The number of aliphatic imine (C=N–C) groups is 1. The summed E-state index contributed by atoms with van der Waals surface area (Å²) in [5.74, 6) is 0.109. The van der Waals surface area contributed by atoms with Gasteiger partial charge in [-0.25, -0.2) is 9.79 Å². The van der Waals surface area contributed by atoms with E-state index in [9.17, 15) is 14.9 Å². The molecule has 0 N–H and O–H groups in total. The van der Waals surface area contributed by atoms with Crippen LogP contribution in [0.15, 0.2) is 83.5 Å². The third-order valence-corrected chi connectivity index (χ3v) is 4.94. The Kier molecular flexibility index (Phi) is 6.07. The molecule has 0 saturated carbocycles. The Labute approximate surface area is 184 Å². The summed E-state index contributed by atoms with van der Waals surface area (Å²) in [6.45, 7) is 2.17. The van der Waals surface area contributed by atoms with E-state index in [1.807, 2.05) is 54.6 Å². The summed E-state index contributed by atoms with van der Waals surface area (Å²) in [5, 5.41) is 11.2. The van der Waals surface area contributed by atoms with E-state index in [4.69, 9.17) is 9.47 Å². The lowest BCUT2D eigenvalue weighted by Crippen LogP contribution is -2.06. The lowest BCUT2D eigenvalue weighted by Gasteiger charge is -2.07. The normalized spacial score (nSPS) is 14.2. The Hall–Kier alpha value is -4.26. The average molecular weight is 428 g/mol. The van der Waals surface area contributed by atoms with Crippen molar-refractivity contribution >= 4 is 23.6 Å². The Morgan fingerprint density at radius 2 is 1.88 bits per heavy atom. The number of carbonyl (C=O) groups excluding carboxylic acids is 1. The number of benzene rings is 3. The molecule has 0 aromatic heterocycles. The van der Waals surface area contributed by atoms with Crippen LogP contribution in [0.5, 0.6) is 5.75 Å². The van der Waals surface area contributed by atoms with Crippen molar-refractivity contribution < 1.29 is 19.2 Å². The van der Waals surface area contributed by atoms with Crippen LogP contribution in [0.4, 0.5) is 5.69 Å². The van der Waals surface area contributed by atoms with Crippen molar-refractivity contribution in [2.75, 3.05) is 6.61 Å². The highest BCUT2D eigenvalue weighted by Gasteiger charge is 2.25. The number of nitro benzene ring substituents is 1. The predicted molar refractivity (Wildman–Crippen MR) is 121 cm³/mol. The first-order chi connectivity index (χ1) is 15.5. The van der Waals surface area contributed by atoms with Crippen LogP contribution in [0.3, 0.4) is 0 Å². The smallest absolute Gasteiger partial charge is 0.363 e. The fourth-order valence-electron chi connectivity index (χ4n) is 3.26. The molecule has 3 aromatic carbocycles. The first-order valence-electron chi connectivity index (χ1n) is 10.0. The Morgan fingerprint density at radius 3 is 2.66 bits per heavy atom. The fourth-order valence-corrected chi connectivity index (χ4v) is 3.26. The molecule has 7 heteroatoms. The number of esters is 1. The molecule has 0 radical (unpaired) electrons. The van der Waals surface area contributed by atoms with Gasteiger partial charge in [0.15, 0.2) is 5.70 Å². The highest BCUT2D eigenvalue weighted by molar-refractivity contribution is 6.13. The van der Waals surface area contributed by atoms with E-state index in [0.717, 1.165) is 12.0 Å². The minimum absolute atomic E-state index is 0.0413. The number of aryl methyl sites for hydroxylation is 1. The molecule has 0 fully saturated rings. The highest BCUT2D eigenvalue weighted by atomic mass is 16.6. The number of rotatable bonds is 7. The van der Waals surface area contributed by atoms with Gasteiger partial charge in [0.2, 0.25) is 5.90 Å². The van der Waals surface area contributed by atoms with Crippen LogP contribution in [0.2, 0.25) is 0 Å². The average Bonchev–Trinajstić information content (AvgIpc) is 3.15. The van der Waals surface area contributed by atoms with Crippen molar-refractivity contribution in [3.8, 4) is 5.75 Å². The number of nitrogens with zero attached hydrogens (tertiary/aromatic N) is 2. The number of hydrogen-bond donors (Lipinski definition) is 0. The van der Waals surface area contributed by atoms with E-state index in [0.29, 0.717) is 23.5 Å². The summed E-state index contributed by atoms with van der Waals surface area (Å²) < 4.78 is 11.1. The van der Waals surface area contributed by atoms with Crippen LogP contribution < -0.4 is 4.74 Å². The molecule has 1 aliphatic rings. The van der Waals surface area contributed by atoms with Gasteiger partial charge in [0, 0.05) is 23.6 Å². The molecule has 3 aromatic rings. The number of ether oxygens (including phenoxy) is 2. The third kappa shape index (κ3) is 4.89. The topological polar surface area (TPSA) is 91.0 Å². The predicted octanol–water partition coefficient (Wildman–Crippen LogP) is 4.87. The molecule has 0 bridgehead atoms. The number of hydrogen-bond acceptors (Lipinski definition) is 6. The summed E-state index contributed by atoms with van der Waals surface area (Å²) in [4.78, 5) is 27.2. The van der Waals surface area contributed by atoms with Gasteiger partial charge in [-0.15, -0.1) is 0 Å². The second kappa shape index (κ2) is 9.26. The Morgan fingerprint density at radius 1 is 1.06 bits per heavy atom. The first kappa shape index (κ1) is 21.0. The van der Waals surface area contributed by atoms with Crippen LogP contribution in [0.25, 0.3) is 6.08 Å². The van der Waals surface area contributed by atoms with Gasteiger partial charge in [-0.05, 0) is 42.3 Å². The van der Waals surface area contributed by atoms with Gasteiger partial charge < -0.3 is 9.47 Å². The van der Waals surface area contributed by atoms with Crippen LogP contribution in [0.1, 0.15) is 22.3 Å². The van der Waals surface area contributed by atoms with E-state index in [2.05, 4.69) is 4.99 Å². The van der Waals surface area contributed by atoms with Crippen molar-refractivity contribution in [3.63, 3.8) is 0 Å². The minimum Gasteiger partial charge on any atom is -0.493 e. The number of nitro groups is 1.